The van der Waals surface area contributed by atoms with Crippen molar-refractivity contribution in [3.05, 3.63) is 65.2 Å². The van der Waals surface area contributed by atoms with Crippen molar-refractivity contribution in [1.82, 2.24) is 5.43 Å². The second-order valence-corrected chi connectivity index (χ2v) is 6.14. The number of rotatable bonds is 8. The van der Waals surface area contributed by atoms with Gasteiger partial charge in [0.15, 0.2) is 0 Å². The minimum Gasteiger partial charge on any atom is -0.325 e. The summed E-state index contributed by atoms with van der Waals surface area (Å²) in [5.41, 5.74) is 4.87. The first-order chi connectivity index (χ1) is 12.6. The lowest BCUT2D eigenvalue weighted by atomic mass is 10.1. The molecular formula is C20H22ClN3O2. The van der Waals surface area contributed by atoms with Crippen molar-refractivity contribution in [2.45, 2.75) is 32.6 Å². The molecule has 0 aliphatic carbocycles. The summed E-state index contributed by atoms with van der Waals surface area (Å²) in [6, 6.07) is 16.7. The Morgan fingerprint density at radius 3 is 2.27 bits per heavy atom. The van der Waals surface area contributed by atoms with Gasteiger partial charge in [-0.25, -0.2) is 5.43 Å². The fourth-order valence-corrected chi connectivity index (χ4v) is 2.50. The molecule has 2 aromatic rings. The number of carbonyl (C=O) groups excluding carboxylic acids is 2. The van der Waals surface area contributed by atoms with Gasteiger partial charge in [-0.2, -0.15) is 5.10 Å². The minimum absolute atomic E-state index is 0.0496. The highest BCUT2D eigenvalue weighted by molar-refractivity contribution is 6.33. The average molecular weight is 372 g/mol. The summed E-state index contributed by atoms with van der Waals surface area (Å²) in [5.74, 6) is -0.571. The van der Waals surface area contributed by atoms with Crippen LogP contribution in [0.25, 0.3) is 0 Å². The maximum Gasteiger partial charge on any atom is 0.240 e. The number of amides is 2. The van der Waals surface area contributed by atoms with Crippen LogP contribution in [-0.4, -0.2) is 17.5 Å². The van der Waals surface area contributed by atoms with Crippen LogP contribution in [0.3, 0.4) is 0 Å². The molecule has 2 N–H and O–H groups in total. The molecule has 0 saturated carbocycles. The van der Waals surface area contributed by atoms with Crippen molar-refractivity contribution in [2.75, 3.05) is 5.32 Å². The minimum atomic E-state index is -0.302. The highest BCUT2D eigenvalue weighted by atomic mass is 35.5. The first kappa shape index (κ1) is 19.7. The van der Waals surface area contributed by atoms with E-state index in [-0.39, 0.29) is 24.7 Å². The number of benzene rings is 2. The molecule has 0 unspecified atom stereocenters. The number of hydrazone groups is 1. The Labute approximate surface area is 158 Å². The van der Waals surface area contributed by atoms with Gasteiger partial charge in [-0.3, -0.25) is 9.59 Å². The van der Waals surface area contributed by atoms with E-state index in [0.717, 1.165) is 24.1 Å². The molecule has 136 valence electrons. The molecule has 5 nitrogen and oxygen atoms in total. The highest BCUT2D eigenvalue weighted by Crippen LogP contribution is 2.20. The molecule has 0 radical (unpaired) electrons. The van der Waals surface area contributed by atoms with E-state index in [2.05, 4.69) is 22.8 Å². The molecule has 0 aliphatic heterocycles. The molecule has 2 aromatic carbocycles. The third kappa shape index (κ3) is 6.33. The molecule has 2 amide bonds. The van der Waals surface area contributed by atoms with Gasteiger partial charge in [0.2, 0.25) is 11.8 Å². The fourth-order valence-electron chi connectivity index (χ4n) is 2.32. The van der Waals surface area contributed by atoms with E-state index >= 15 is 0 Å². The SMILES string of the molecule is CCCC(=NNC(=O)CCC(=O)Nc1ccccc1Cl)c1ccccc1. The maximum absolute atomic E-state index is 12.0. The molecule has 0 atom stereocenters. The van der Waals surface area contributed by atoms with Crippen LogP contribution in [-0.2, 0) is 9.59 Å². The Morgan fingerprint density at radius 1 is 0.923 bits per heavy atom. The number of hydrogen-bond acceptors (Lipinski definition) is 3. The molecule has 0 bridgehead atoms. The number of halogens is 1. The number of hydrogen-bond donors (Lipinski definition) is 2. The lowest BCUT2D eigenvalue weighted by Gasteiger charge is -2.08. The largest absolute Gasteiger partial charge is 0.325 e. The van der Waals surface area contributed by atoms with Crippen LogP contribution >= 0.6 is 11.6 Å². The summed E-state index contributed by atoms with van der Waals surface area (Å²) < 4.78 is 0. The van der Waals surface area contributed by atoms with Crippen molar-refractivity contribution >= 4 is 34.8 Å². The Kier molecular flexibility index (Phi) is 7.83. The summed E-state index contributed by atoms with van der Waals surface area (Å²) >= 11 is 5.99. The molecule has 0 saturated heterocycles. The van der Waals surface area contributed by atoms with Crippen LogP contribution in [0.2, 0.25) is 5.02 Å². The van der Waals surface area contributed by atoms with Crippen LogP contribution in [0.1, 0.15) is 38.2 Å². The van der Waals surface area contributed by atoms with Gasteiger partial charge >= 0.3 is 0 Å². The van der Waals surface area contributed by atoms with Gasteiger partial charge in [-0.05, 0) is 24.1 Å². The molecule has 0 aliphatic rings. The Morgan fingerprint density at radius 2 is 1.58 bits per heavy atom. The summed E-state index contributed by atoms with van der Waals surface area (Å²) in [6.07, 6.45) is 1.79. The van der Waals surface area contributed by atoms with E-state index in [1.165, 1.54) is 0 Å². The van der Waals surface area contributed by atoms with E-state index in [1.807, 2.05) is 30.3 Å². The summed E-state index contributed by atoms with van der Waals surface area (Å²) in [6.45, 7) is 2.05. The quantitative estimate of drug-likeness (QED) is 0.534. The van der Waals surface area contributed by atoms with Gasteiger partial charge in [0, 0.05) is 12.8 Å². The smallest absolute Gasteiger partial charge is 0.240 e. The van der Waals surface area contributed by atoms with Crippen LogP contribution in [0, 0.1) is 0 Å². The summed E-state index contributed by atoms with van der Waals surface area (Å²) in [7, 11) is 0. The first-order valence-electron chi connectivity index (χ1n) is 8.55. The van der Waals surface area contributed by atoms with Crippen molar-refractivity contribution in [3.8, 4) is 0 Å². The number of nitrogens with zero attached hydrogens (tertiary/aromatic N) is 1. The predicted octanol–water partition coefficient (Wildman–Crippen LogP) is 4.38. The molecule has 0 fully saturated rings. The number of para-hydroxylation sites is 1. The van der Waals surface area contributed by atoms with Gasteiger partial charge in [-0.1, -0.05) is 67.4 Å². The average Bonchev–Trinajstić information content (AvgIpc) is 2.66. The highest BCUT2D eigenvalue weighted by Gasteiger charge is 2.09. The standard InChI is InChI=1S/C20H22ClN3O2/c1-2-8-17(15-9-4-3-5-10-15)23-24-20(26)14-13-19(25)22-18-12-7-6-11-16(18)21/h3-7,9-12H,2,8,13-14H2,1H3,(H,22,25)(H,24,26). The van der Waals surface area contributed by atoms with Crippen molar-refractivity contribution in [1.29, 1.82) is 0 Å². The van der Waals surface area contributed by atoms with E-state index < -0.39 is 0 Å². The van der Waals surface area contributed by atoms with E-state index in [0.29, 0.717) is 10.7 Å². The Hall–Kier alpha value is -2.66. The zero-order valence-corrected chi connectivity index (χ0v) is 15.4. The van der Waals surface area contributed by atoms with Crippen molar-refractivity contribution in [3.63, 3.8) is 0 Å². The van der Waals surface area contributed by atoms with Crippen LogP contribution < -0.4 is 10.7 Å². The molecule has 0 spiro atoms. The van der Waals surface area contributed by atoms with Gasteiger partial charge in [0.05, 0.1) is 16.4 Å². The van der Waals surface area contributed by atoms with Gasteiger partial charge in [-0.15, -0.1) is 0 Å². The maximum atomic E-state index is 12.0. The molecule has 0 heterocycles. The number of carbonyl (C=O) groups is 2. The van der Waals surface area contributed by atoms with Crippen LogP contribution in [0.15, 0.2) is 59.7 Å². The molecule has 26 heavy (non-hydrogen) atoms. The topological polar surface area (TPSA) is 70.6 Å². The third-order valence-corrected chi connectivity index (χ3v) is 3.97. The molecule has 6 heteroatoms. The van der Waals surface area contributed by atoms with E-state index in [4.69, 9.17) is 11.6 Å². The van der Waals surface area contributed by atoms with E-state index in [1.54, 1.807) is 24.3 Å². The van der Waals surface area contributed by atoms with Crippen molar-refractivity contribution in [2.24, 2.45) is 5.10 Å². The molecular weight excluding hydrogens is 350 g/mol. The summed E-state index contributed by atoms with van der Waals surface area (Å²) in [4.78, 5) is 23.9. The Balaban J connectivity index is 1.85. The zero-order valence-electron chi connectivity index (χ0n) is 14.7. The van der Waals surface area contributed by atoms with E-state index in [9.17, 15) is 9.59 Å². The molecule has 2 rings (SSSR count). The number of anilines is 1. The second-order valence-electron chi connectivity index (χ2n) is 5.74. The van der Waals surface area contributed by atoms with Gasteiger partial charge in [0.25, 0.3) is 0 Å². The number of nitrogens with one attached hydrogen (secondary N) is 2. The molecule has 0 aromatic heterocycles. The lowest BCUT2D eigenvalue weighted by molar-refractivity contribution is -0.124. The second kappa shape index (κ2) is 10.4. The van der Waals surface area contributed by atoms with Gasteiger partial charge < -0.3 is 5.32 Å². The van der Waals surface area contributed by atoms with Crippen molar-refractivity contribution < 1.29 is 9.59 Å². The van der Waals surface area contributed by atoms with Crippen LogP contribution in [0.5, 0.6) is 0 Å². The third-order valence-electron chi connectivity index (χ3n) is 3.64. The first-order valence-corrected chi connectivity index (χ1v) is 8.93. The Bertz CT molecular complexity index is 776. The fraction of sp³-hybridized carbons (Fsp3) is 0.250. The van der Waals surface area contributed by atoms with Crippen LogP contribution in [0.4, 0.5) is 5.69 Å². The predicted molar refractivity (Wildman–Crippen MR) is 105 cm³/mol. The normalized spacial score (nSPS) is 11.1. The summed E-state index contributed by atoms with van der Waals surface area (Å²) in [5, 5.41) is 7.37. The zero-order chi connectivity index (χ0) is 18.8. The lowest BCUT2D eigenvalue weighted by Crippen LogP contribution is -2.22. The van der Waals surface area contributed by atoms with Gasteiger partial charge in [0.1, 0.15) is 0 Å². The monoisotopic (exact) mass is 371 g/mol.